The molecule has 1 unspecified atom stereocenters. The Balaban J connectivity index is 2.66. The van der Waals surface area contributed by atoms with E-state index in [1.54, 1.807) is 24.3 Å². The molecule has 0 bridgehead atoms. The van der Waals surface area contributed by atoms with Crippen LogP contribution >= 0.6 is 12.6 Å². The molecule has 15 heavy (non-hydrogen) atoms. The highest BCUT2D eigenvalue weighted by Crippen LogP contribution is 2.08. The summed E-state index contributed by atoms with van der Waals surface area (Å²) in [6.45, 7) is 0. The van der Waals surface area contributed by atoms with E-state index in [2.05, 4.69) is 17.9 Å². The zero-order valence-electron chi connectivity index (χ0n) is 7.97. The Morgan fingerprint density at radius 1 is 1.53 bits per heavy atom. The molecule has 0 heterocycles. The highest BCUT2D eigenvalue weighted by molar-refractivity contribution is 7.80. The molecule has 0 aliphatic heterocycles. The number of carbonyl (C=O) groups is 1. The van der Waals surface area contributed by atoms with Crippen LogP contribution in [-0.2, 0) is 4.79 Å². The van der Waals surface area contributed by atoms with Gasteiger partial charge < -0.3 is 11.1 Å². The molecule has 0 fully saturated rings. The van der Waals surface area contributed by atoms with Crippen LogP contribution in [0.2, 0.25) is 0 Å². The largest absolute Gasteiger partial charge is 0.325 e. The molecule has 0 aliphatic rings. The monoisotopic (exact) mass is 221 g/mol. The van der Waals surface area contributed by atoms with Gasteiger partial charge in [-0.1, -0.05) is 0 Å². The van der Waals surface area contributed by atoms with Crippen LogP contribution in [0.5, 0.6) is 0 Å². The van der Waals surface area contributed by atoms with Crippen LogP contribution in [0, 0.1) is 11.3 Å². The van der Waals surface area contributed by atoms with E-state index in [0.717, 1.165) is 0 Å². The fourth-order valence-electron chi connectivity index (χ4n) is 0.946. The second kappa shape index (κ2) is 5.39. The quantitative estimate of drug-likeness (QED) is 0.659. The molecule has 0 aromatic heterocycles. The molecule has 1 atom stereocenters. The van der Waals surface area contributed by atoms with Crippen LogP contribution in [-0.4, -0.2) is 17.7 Å². The number of thiol groups is 1. The SMILES string of the molecule is N#Cc1ccc(NC(=O)C(N)CS)cc1. The zero-order chi connectivity index (χ0) is 11.3. The number of nitrogens with two attached hydrogens (primary N) is 1. The van der Waals surface area contributed by atoms with Crippen molar-refractivity contribution in [1.29, 1.82) is 5.26 Å². The minimum atomic E-state index is -0.621. The first-order valence-electron chi connectivity index (χ1n) is 4.35. The van der Waals surface area contributed by atoms with Gasteiger partial charge >= 0.3 is 0 Å². The average molecular weight is 221 g/mol. The molecule has 3 N–H and O–H groups in total. The van der Waals surface area contributed by atoms with Crippen molar-refractivity contribution in [2.75, 3.05) is 11.1 Å². The average Bonchev–Trinajstić information content (AvgIpc) is 2.29. The lowest BCUT2D eigenvalue weighted by atomic mass is 10.2. The predicted octanol–water partition coefficient (Wildman–Crippen LogP) is 0.754. The summed E-state index contributed by atoms with van der Waals surface area (Å²) in [6.07, 6.45) is 0. The maximum Gasteiger partial charge on any atom is 0.242 e. The third kappa shape index (κ3) is 3.27. The van der Waals surface area contributed by atoms with Crippen molar-refractivity contribution in [3.05, 3.63) is 29.8 Å². The Hall–Kier alpha value is -1.51. The summed E-state index contributed by atoms with van der Waals surface area (Å²) in [5.41, 5.74) is 6.65. The molecule has 0 saturated heterocycles. The number of amides is 1. The minimum absolute atomic E-state index is 0.283. The third-order valence-electron chi connectivity index (χ3n) is 1.82. The zero-order valence-corrected chi connectivity index (χ0v) is 8.87. The molecular formula is C10H11N3OS. The number of rotatable bonds is 3. The van der Waals surface area contributed by atoms with Crippen LogP contribution in [0.4, 0.5) is 5.69 Å². The number of carbonyl (C=O) groups excluding carboxylic acids is 1. The van der Waals surface area contributed by atoms with E-state index < -0.39 is 6.04 Å². The van der Waals surface area contributed by atoms with Crippen LogP contribution in [0.3, 0.4) is 0 Å². The van der Waals surface area contributed by atoms with Gasteiger partial charge in [-0.3, -0.25) is 4.79 Å². The van der Waals surface area contributed by atoms with Gasteiger partial charge in [-0.2, -0.15) is 17.9 Å². The lowest BCUT2D eigenvalue weighted by Gasteiger charge is -2.09. The van der Waals surface area contributed by atoms with Gasteiger partial charge in [-0.25, -0.2) is 0 Å². The van der Waals surface area contributed by atoms with Crippen molar-refractivity contribution >= 4 is 24.2 Å². The molecule has 0 saturated carbocycles. The van der Waals surface area contributed by atoms with Gasteiger partial charge in [0.05, 0.1) is 17.7 Å². The summed E-state index contributed by atoms with van der Waals surface area (Å²) in [7, 11) is 0. The number of nitrogens with one attached hydrogen (secondary N) is 1. The van der Waals surface area contributed by atoms with E-state index in [1.807, 2.05) is 6.07 Å². The van der Waals surface area contributed by atoms with Gasteiger partial charge in [0.2, 0.25) is 5.91 Å². The highest BCUT2D eigenvalue weighted by Gasteiger charge is 2.10. The lowest BCUT2D eigenvalue weighted by Crippen LogP contribution is -2.37. The lowest BCUT2D eigenvalue weighted by molar-refractivity contribution is -0.116. The molecule has 0 radical (unpaired) electrons. The van der Waals surface area contributed by atoms with Crippen LogP contribution < -0.4 is 11.1 Å². The number of hydrogen-bond acceptors (Lipinski definition) is 4. The van der Waals surface area contributed by atoms with Crippen molar-refractivity contribution in [1.82, 2.24) is 0 Å². The van der Waals surface area contributed by atoms with Gasteiger partial charge in [-0.05, 0) is 24.3 Å². The van der Waals surface area contributed by atoms with Gasteiger partial charge in [0.15, 0.2) is 0 Å². The molecule has 1 aromatic rings. The Kier molecular flexibility index (Phi) is 4.16. The maximum atomic E-state index is 11.3. The topological polar surface area (TPSA) is 78.9 Å². The van der Waals surface area contributed by atoms with Gasteiger partial charge in [-0.15, -0.1) is 0 Å². The Bertz CT molecular complexity index is 383. The van der Waals surface area contributed by atoms with Crippen LogP contribution in [0.15, 0.2) is 24.3 Å². The molecule has 78 valence electrons. The summed E-state index contributed by atoms with van der Waals surface area (Å²) in [6, 6.07) is 7.93. The standard InChI is InChI=1S/C10H11N3OS/c11-5-7-1-3-8(4-2-7)13-10(14)9(12)6-15/h1-4,9,15H,6,12H2,(H,13,14). The van der Waals surface area contributed by atoms with Crippen molar-refractivity contribution in [2.45, 2.75) is 6.04 Å². The van der Waals surface area contributed by atoms with E-state index in [4.69, 9.17) is 11.0 Å². The maximum absolute atomic E-state index is 11.3. The summed E-state index contributed by atoms with van der Waals surface area (Å²) in [5.74, 6) is 0.0111. The molecule has 4 nitrogen and oxygen atoms in total. The molecule has 1 aromatic carbocycles. The number of benzene rings is 1. The number of hydrogen-bond donors (Lipinski definition) is 3. The first-order valence-corrected chi connectivity index (χ1v) is 4.98. The predicted molar refractivity (Wildman–Crippen MR) is 61.6 cm³/mol. The first kappa shape index (κ1) is 11.6. The summed E-state index contributed by atoms with van der Waals surface area (Å²) < 4.78 is 0. The number of anilines is 1. The molecule has 1 rings (SSSR count). The van der Waals surface area contributed by atoms with E-state index in [1.165, 1.54) is 0 Å². The van der Waals surface area contributed by atoms with Crippen LogP contribution in [0.1, 0.15) is 5.56 Å². The van der Waals surface area contributed by atoms with E-state index in [-0.39, 0.29) is 5.91 Å². The second-order valence-corrected chi connectivity index (χ2v) is 3.33. The fourth-order valence-corrected chi connectivity index (χ4v) is 1.11. The van der Waals surface area contributed by atoms with Crippen molar-refractivity contribution < 1.29 is 4.79 Å². The van der Waals surface area contributed by atoms with Crippen LogP contribution in [0.25, 0.3) is 0 Å². The van der Waals surface area contributed by atoms with Gasteiger partial charge in [0.1, 0.15) is 0 Å². The Morgan fingerprint density at radius 2 is 2.13 bits per heavy atom. The Morgan fingerprint density at radius 3 is 2.60 bits per heavy atom. The summed E-state index contributed by atoms with van der Waals surface area (Å²) >= 11 is 3.92. The molecule has 5 heteroatoms. The van der Waals surface area contributed by atoms with Crippen molar-refractivity contribution in [3.63, 3.8) is 0 Å². The van der Waals surface area contributed by atoms with E-state index >= 15 is 0 Å². The van der Waals surface area contributed by atoms with E-state index in [0.29, 0.717) is 17.0 Å². The van der Waals surface area contributed by atoms with Crippen molar-refractivity contribution in [2.24, 2.45) is 5.73 Å². The highest BCUT2D eigenvalue weighted by atomic mass is 32.1. The summed E-state index contributed by atoms with van der Waals surface area (Å²) in [5, 5.41) is 11.2. The second-order valence-electron chi connectivity index (χ2n) is 2.97. The normalized spacial score (nSPS) is 11.5. The number of nitriles is 1. The van der Waals surface area contributed by atoms with Gasteiger partial charge in [0.25, 0.3) is 0 Å². The minimum Gasteiger partial charge on any atom is -0.325 e. The molecule has 1 amide bonds. The molecular weight excluding hydrogens is 210 g/mol. The molecule has 0 aliphatic carbocycles. The smallest absolute Gasteiger partial charge is 0.242 e. The van der Waals surface area contributed by atoms with Crippen molar-refractivity contribution in [3.8, 4) is 6.07 Å². The fraction of sp³-hybridized carbons (Fsp3) is 0.200. The van der Waals surface area contributed by atoms with E-state index in [9.17, 15) is 4.79 Å². The number of nitrogens with zero attached hydrogens (tertiary/aromatic N) is 1. The van der Waals surface area contributed by atoms with Gasteiger partial charge in [0, 0.05) is 11.4 Å². The first-order chi connectivity index (χ1) is 7.17. The molecule has 0 spiro atoms. The third-order valence-corrected chi connectivity index (χ3v) is 2.21. The Labute approximate surface area is 93.5 Å². The summed E-state index contributed by atoms with van der Waals surface area (Å²) in [4.78, 5) is 11.3.